The van der Waals surface area contributed by atoms with Gasteiger partial charge in [-0.25, -0.2) is 0 Å². The van der Waals surface area contributed by atoms with Gasteiger partial charge in [-0.1, -0.05) is 23.4 Å². The Kier molecular flexibility index (Phi) is 3.77. The molecule has 1 aromatic carbocycles. The second-order valence-corrected chi connectivity index (χ2v) is 3.84. The Bertz CT molecular complexity index is 592. The number of nitrogens with one attached hydrogen (secondary N) is 2. The fourth-order valence-corrected chi connectivity index (χ4v) is 1.56. The van der Waals surface area contributed by atoms with Gasteiger partial charge in [0.1, 0.15) is 5.69 Å². The third-order valence-corrected chi connectivity index (χ3v) is 2.53. The van der Waals surface area contributed by atoms with Crippen molar-refractivity contribution >= 4 is 11.7 Å². The number of aromatic nitrogens is 2. The number of H-pyrrole nitrogens is 1. The molecule has 5 N–H and O–H groups in total. The maximum Gasteiger partial charge on any atom is 0.269 e. The van der Waals surface area contributed by atoms with Gasteiger partial charge in [0, 0.05) is 18.3 Å². The van der Waals surface area contributed by atoms with Crippen LogP contribution in [-0.4, -0.2) is 27.1 Å². The molecular formula is C12H13N5O2. The van der Waals surface area contributed by atoms with E-state index in [4.69, 9.17) is 10.9 Å². The number of carbonyl (C=O) groups excluding carboxylic acids is 1. The molecule has 1 amide bonds. The van der Waals surface area contributed by atoms with E-state index in [9.17, 15) is 4.79 Å². The lowest BCUT2D eigenvalue weighted by Crippen LogP contribution is -2.23. The molecule has 2 aromatic rings. The van der Waals surface area contributed by atoms with Crippen LogP contribution in [0, 0.1) is 0 Å². The summed E-state index contributed by atoms with van der Waals surface area (Å²) < 4.78 is 0. The summed E-state index contributed by atoms with van der Waals surface area (Å²) >= 11 is 0. The molecule has 0 radical (unpaired) electrons. The topological polar surface area (TPSA) is 116 Å². The molecule has 7 heteroatoms. The van der Waals surface area contributed by atoms with Crippen LogP contribution in [0.15, 0.2) is 41.7 Å². The largest absolute Gasteiger partial charge is 0.409 e. The molecule has 1 heterocycles. The molecule has 0 atom stereocenters. The molecule has 0 fully saturated rings. The predicted octanol–water partition coefficient (Wildman–Crippen LogP) is 0.434. The second kappa shape index (κ2) is 5.67. The van der Waals surface area contributed by atoms with E-state index < -0.39 is 0 Å². The highest BCUT2D eigenvalue weighted by Gasteiger charge is 2.06. The molecule has 19 heavy (non-hydrogen) atoms. The molecule has 0 aliphatic rings. The number of carbonyl (C=O) groups is 1. The first-order valence-electron chi connectivity index (χ1n) is 5.55. The standard InChI is InChI=1S/C12H13N5O2/c13-11(17-19)9-3-1-2-8(6-9)7-14-12(18)10-4-5-15-16-10/h1-6,19H,7H2,(H2,13,17)(H,14,18)(H,15,16). The van der Waals surface area contributed by atoms with E-state index >= 15 is 0 Å². The van der Waals surface area contributed by atoms with Crippen molar-refractivity contribution in [3.05, 3.63) is 53.3 Å². The summed E-state index contributed by atoms with van der Waals surface area (Å²) in [5, 5.41) is 20.5. The first-order valence-corrected chi connectivity index (χ1v) is 5.55. The summed E-state index contributed by atoms with van der Waals surface area (Å²) in [6.07, 6.45) is 1.51. The van der Waals surface area contributed by atoms with Gasteiger partial charge >= 0.3 is 0 Å². The number of nitrogens with two attached hydrogens (primary N) is 1. The van der Waals surface area contributed by atoms with E-state index in [2.05, 4.69) is 20.7 Å². The molecule has 2 rings (SSSR count). The maximum absolute atomic E-state index is 11.7. The lowest BCUT2D eigenvalue weighted by atomic mass is 10.1. The van der Waals surface area contributed by atoms with Crippen LogP contribution in [0.2, 0.25) is 0 Å². The van der Waals surface area contributed by atoms with Crippen molar-refractivity contribution in [2.45, 2.75) is 6.54 Å². The van der Waals surface area contributed by atoms with Crippen molar-refractivity contribution in [1.82, 2.24) is 15.5 Å². The molecule has 0 aliphatic carbocycles. The van der Waals surface area contributed by atoms with E-state index in [0.717, 1.165) is 5.56 Å². The van der Waals surface area contributed by atoms with Crippen molar-refractivity contribution < 1.29 is 10.0 Å². The normalized spacial score (nSPS) is 11.3. The highest BCUT2D eigenvalue weighted by molar-refractivity contribution is 5.97. The van der Waals surface area contributed by atoms with Gasteiger partial charge in [0.15, 0.2) is 5.84 Å². The molecule has 98 valence electrons. The summed E-state index contributed by atoms with van der Waals surface area (Å²) in [6.45, 7) is 0.338. The van der Waals surface area contributed by atoms with Crippen molar-refractivity contribution in [2.75, 3.05) is 0 Å². The van der Waals surface area contributed by atoms with E-state index in [1.165, 1.54) is 6.20 Å². The van der Waals surface area contributed by atoms with E-state index in [1.54, 1.807) is 24.3 Å². The molecule has 0 saturated heterocycles. The fourth-order valence-electron chi connectivity index (χ4n) is 1.56. The van der Waals surface area contributed by atoms with Crippen LogP contribution in [0.3, 0.4) is 0 Å². The van der Waals surface area contributed by atoms with Gasteiger partial charge in [-0.2, -0.15) is 5.10 Å². The van der Waals surface area contributed by atoms with Crippen molar-refractivity contribution in [3.63, 3.8) is 0 Å². The molecule has 0 unspecified atom stereocenters. The number of oxime groups is 1. The van der Waals surface area contributed by atoms with Crippen molar-refractivity contribution in [2.24, 2.45) is 10.9 Å². The van der Waals surface area contributed by atoms with Gasteiger partial charge in [-0.3, -0.25) is 9.89 Å². The average molecular weight is 259 g/mol. The fraction of sp³-hybridized carbons (Fsp3) is 0.0833. The van der Waals surface area contributed by atoms with Gasteiger partial charge in [0.2, 0.25) is 0 Å². The van der Waals surface area contributed by atoms with E-state index in [1.807, 2.05) is 6.07 Å². The molecule has 1 aromatic heterocycles. The monoisotopic (exact) mass is 259 g/mol. The Morgan fingerprint density at radius 1 is 1.47 bits per heavy atom. The molecule has 0 bridgehead atoms. The third kappa shape index (κ3) is 3.09. The van der Waals surface area contributed by atoms with Crippen LogP contribution in [0.1, 0.15) is 21.6 Å². The number of amidine groups is 1. The molecule has 0 saturated carbocycles. The second-order valence-electron chi connectivity index (χ2n) is 3.84. The zero-order valence-electron chi connectivity index (χ0n) is 10.00. The van der Waals surface area contributed by atoms with Crippen LogP contribution in [0.25, 0.3) is 0 Å². The number of benzene rings is 1. The number of aromatic amines is 1. The molecular weight excluding hydrogens is 246 g/mol. The minimum atomic E-state index is -0.244. The Balaban J connectivity index is 2.02. The Morgan fingerprint density at radius 3 is 3.00 bits per heavy atom. The number of amides is 1. The highest BCUT2D eigenvalue weighted by atomic mass is 16.4. The smallest absolute Gasteiger partial charge is 0.269 e. The Morgan fingerprint density at radius 2 is 2.32 bits per heavy atom. The number of rotatable bonds is 4. The van der Waals surface area contributed by atoms with Crippen LogP contribution in [-0.2, 0) is 6.54 Å². The summed E-state index contributed by atoms with van der Waals surface area (Å²) in [6, 6.07) is 8.65. The van der Waals surface area contributed by atoms with E-state index in [-0.39, 0.29) is 11.7 Å². The number of nitrogens with zero attached hydrogens (tertiary/aromatic N) is 2. The van der Waals surface area contributed by atoms with Crippen LogP contribution in [0.4, 0.5) is 0 Å². The third-order valence-electron chi connectivity index (χ3n) is 2.53. The number of hydrogen-bond acceptors (Lipinski definition) is 4. The lowest BCUT2D eigenvalue weighted by Gasteiger charge is -2.05. The van der Waals surface area contributed by atoms with Crippen LogP contribution >= 0.6 is 0 Å². The van der Waals surface area contributed by atoms with Crippen LogP contribution < -0.4 is 11.1 Å². The summed E-state index contributed by atoms with van der Waals surface area (Å²) in [5.74, 6) is -0.214. The molecule has 7 nitrogen and oxygen atoms in total. The minimum absolute atomic E-state index is 0.0294. The number of hydrogen-bond donors (Lipinski definition) is 4. The van der Waals surface area contributed by atoms with Gasteiger partial charge in [-0.05, 0) is 17.7 Å². The van der Waals surface area contributed by atoms with Gasteiger partial charge in [0.25, 0.3) is 5.91 Å². The first-order chi connectivity index (χ1) is 9.20. The predicted molar refractivity (Wildman–Crippen MR) is 68.7 cm³/mol. The summed E-state index contributed by atoms with van der Waals surface area (Å²) in [7, 11) is 0. The Labute approximate surface area is 109 Å². The average Bonchev–Trinajstić information content (AvgIpc) is 2.98. The first kappa shape index (κ1) is 12.6. The zero-order chi connectivity index (χ0) is 13.7. The van der Waals surface area contributed by atoms with Crippen molar-refractivity contribution in [3.8, 4) is 0 Å². The van der Waals surface area contributed by atoms with E-state index in [0.29, 0.717) is 17.8 Å². The van der Waals surface area contributed by atoms with Gasteiger partial charge in [0.05, 0.1) is 0 Å². The lowest BCUT2D eigenvalue weighted by molar-refractivity contribution is 0.0946. The zero-order valence-corrected chi connectivity index (χ0v) is 10.00. The quantitative estimate of drug-likeness (QED) is 0.276. The molecule has 0 spiro atoms. The molecule has 0 aliphatic heterocycles. The summed E-state index contributed by atoms with van der Waals surface area (Å²) in [4.78, 5) is 11.7. The SMILES string of the molecule is NC(=NO)c1cccc(CNC(=O)c2ccn[nH]2)c1. The Hall–Kier alpha value is -2.83. The van der Waals surface area contributed by atoms with Gasteiger partial charge < -0.3 is 16.3 Å². The summed E-state index contributed by atoms with van der Waals surface area (Å²) in [5.41, 5.74) is 7.33. The van der Waals surface area contributed by atoms with Crippen LogP contribution in [0.5, 0.6) is 0 Å². The van der Waals surface area contributed by atoms with Crippen molar-refractivity contribution in [1.29, 1.82) is 0 Å². The maximum atomic E-state index is 11.7. The highest BCUT2D eigenvalue weighted by Crippen LogP contribution is 2.05. The van der Waals surface area contributed by atoms with Gasteiger partial charge in [-0.15, -0.1) is 0 Å². The minimum Gasteiger partial charge on any atom is -0.409 e.